The number of benzene rings is 1. The van der Waals surface area contributed by atoms with E-state index in [-0.39, 0.29) is 0 Å². The Morgan fingerprint density at radius 3 is 2.69 bits per heavy atom. The van der Waals surface area contributed by atoms with E-state index >= 15 is 0 Å². The molecule has 5 heteroatoms. The third kappa shape index (κ3) is 2.71. The van der Waals surface area contributed by atoms with Crippen LogP contribution in [0.5, 0.6) is 0 Å². The van der Waals surface area contributed by atoms with Crippen molar-refractivity contribution in [2.45, 2.75) is 0 Å². The van der Waals surface area contributed by atoms with Gasteiger partial charge < -0.3 is 5.32 Å². The fourth-order valence-electron chi connectivity index (χ4n) is 0.847. The fraction of sp³-hybridized carbons (Fsp3) is 0.125. The summed E-state index contributed by atoms with van der Waals surface area (Å²) in [7, 11) is 1.65. The van der Waals surface area contributed by atoms with Crippen LogP contribution in [0.3, 0.4) is 0 Å². The van der Waals surface area contributed by atoms with Crippen molar-refractivity contribution in [3.63, 3.8) is 0 Å². The van der Waals surface area contributed by atoms with Gasteiger partial charge in [0.1, 0.15) is 0 Å². The number of nitrogens with one attached hydrogen (secondary N) is 2. The summed E-state index contributed by atoms with van der Waals surface area (Å²) in [6, 6.07) is 7.73. The molecule has 0 aliphatic heterocycles. The van der Waals surface area contributed by atoms with Crippen LogP contribution >= 0.6 is 15.9 Å². The smallest absolute Gasteiger partial charge is 0.210 e. The van der Waals surface area contributed by atoms with Crippen LogP contribution in [0.4, 0.5) is 5.69 Å². The van der Waals surface area contributed by atoms with Gasteiger partial charge in [0.05, 0.1) is 5.69 Å². The molecule has 0 unspecified atom stereocenters. The van der Waals surface area contributed by atoms with E-state index in [1.807, 2.05) is 24.3 Å². The lowest BCUT2D eigenvalue weighted by molar-refractivity contribution is 1.01. The topological polar surface area (TPSA) is 62.4 Å². The quantitative estimate of drug-likeness (QED) is 0.301. The second-order valence-electron chi connectivity index (χ2n) is 2.32. The molecule has 0 atom stereocenters. The molecule has 0 radical (unpaired) electrons. The molecule has 13 heavy (non-hydrogen) atoms. The summed E-state index contributed by atoms with van der Waals surface area (Å²) in [6.45, 7) is 0. The summed E-state index contributed by atoms with van der Waals surface area (Å²) in [5, 5.41) is 3.01. The average Bonchev–Trinajstić information content (AvgIpc) is 2.17. The molecule has 1 aromatic carbocycles. The summed E-state index contributed by atoms with van der Waals surface area (Å²) in [4.78, 5) is 3.89. The predicted octanol–water partition coefficient (Wildman–Crippen LogP) is 1.31. The fourth-order valence-corrected chi connectivity index (χ4v) is 1.23. The number of guanidine groups is 1. The zero-order valence-corrected chi connectivity index (χ0v) is 8.80. The Kier molecular flexibility index (Phi) is 3.72. The molecule has 0 heterocycles. The second-order valence-corrected chi connectivity index (χ2v) is 3.18. The zero-order chi connectivity index (χ0) is 9.68. The van der Waals surface area contributed by atoms with E-state index < -0.39 is 0 Å². The monoisotopic (exact) mass is 242 g/mol. The van der Waals surface area contributed by atoms with Crippen LogP contribution in [0.25, 0.3) is 0 Å². The van der Waals surface area contributed by atoms with Crippen molar-refractivity contribution in [3.05, 3.63) is 28.7 Å². The van der Waals surface area contributed by atoms with Crippen LogP contribution in [0.2, 0.25) is 0 Å². The van der Waals surface area contributed by atoms with Gasteiger partial charge in [0.15, 0.2) is 0 Å². The zero-order valence-electron chi connectivity index (χ0n) is 7.21. The van der Waals surface area contributed by atoms with Gasteiger partial charge in [-0.2, -0.15) is 0 Å². The highest BCUT2D eigenvalue weighted by atomic mass is 79.9. The van der Waals surface area contributed by atoms with Crippen LogP contribution in [0, 0.1) is 0 Å². The first kappa shape index (κ1) is 10.0. The Hall–Kier alpha value is -1.07. The Balaban J connectivity index is 2.80. The number of para-hydroxylation sites is 1. The molecule has 1 rings (SSSR count). The van der Waals surface area contributed by atoms with Crippen molar-refractivity contribution in [3.8, 4) is 0 Å². The van der Waals surface area contributed by atoms with E-state index in [2.05, 4.69) is 31.7 Å². The van der Waals surface area contributed by atoms with E-state index in [0.29, 0.717) is 5.96 Å². The van der Waals surface area contributed by atoms with Gasteiger partial charge in [0.2, 0.25) is 5.96 Å². The Labute approximate surface area is 85.3 Å². The standard InChI is InChI=1S/C8H11BrN4/c1-11-8(13-10)12-7-5-3-2-4-6(7)9/h2-5H,10H2,1H3,(H2,11,12,13). The highest BCUT2D eigenvalue weighted by Crippen LogP contribution is 2.20. The van der Waals surface area contributed by atoms with E-state index in [0.717, 1.165) is 10.2 Å². The van der Waals surface area contributed by atoms with E-state index in [1.54, 1.807) is 7.05 Å². The molecule has 0 fully saturated rings. The molecular weight excluding hydrogens is 232 g/mol. The van der Waals surface area contributed by atoms with Crippen molar-refractivity contribution >= 4 is 27.6 Å². The number of anilines is 1. The van der Waals surface area contributed by atoms with E-state index in [1.165, 1.54) is 0 Å². The van der Waals surface area contributed by atoms with Gasteiger partial charge in [-0.3, -0.25) is 10.4 Å². The normalized spacial score (nSPS) is 11.2. The first-order valence-electron chi connectivity index (χ1n) is 3.73. The maximum Gasteiger partial charge on any atom is 0.210 e. The van der Waals surface area contributed by atoms with Crippen molar-refractivity contribution in [1.29, 1.82) is 0 Å². The number of aliphatic imine (C=N–C) groups is 1. The lowest BCUT2D eigenvalue weighted by Gasteiger charge is -2.09. The molecule has 0 aromatic heterocycles. The molecule has 4 N–H and O–H groups in total. The highest BCUT2D eigenvalue weighted by molar-refractivity contribution is 9.10. The van der Waals surface area contributed by atoms with Crippen LogP contribution in [-0.2, 0) is 0 Å². The molecule has 0 saturated heterocycles. The maximum absolute atomic E-state index is 5.22. The van der Waals surface area contributed by atoms with Gasteiger partial charge >= 0.3 is 0 Å². The number of hydrazine groups is 1. The van der Waals surface area contributed by atoms with Crippen LogP contribution in [0.1, 0.15) is 0 Å². The van der Waals surface area contributed by atoms with Gasteiger partial charge in [-0.05, 0) is 28.1 Å². The predicted molar refractivity (Wildman–Crippen MR) is 58.4 cm³/mol. The Morgan fingerprint density at radius 1 is 1.46 bits per heavy atom. The average molecular weight is 243 g/mol. The molecule has 0 aliphatic carbocycles. The molecule has 0 spiro atoms. The van der Waals surface area contributed by atoms with Crippen molar-refractivity contribution in [2.75, 3.05) is 12.4 Å². The molecular formula is C8H11BrN4. The lowest BCUT2D eigenvalue weighted by atomic mass is 10.3. The van der Waals surface area contributed by atoms with E-state index in [9.17, 15) is 0 Å². The Bertz CT molecular complexity index is 311. The molecule has 0 aliphatic rings. The Morgan fingerprint density at radius 2 is 2.15 bits per heavy atom. The number of hydrogen-bond donors (Lipinski definition) is 3. The summed E-state index contributed by atoms with van der Waals surface area (Å²) in [5.74, 6) is 5.74. The summed E-state index contributed by atoms with van der Waals surface area (Å²) < 4.78 is 0.964. The lowest BCUT2D eigenvalue weighted by Crippen LogP contribution is -2.36. The third-order valence-electron chi connectivity index (χ3n) is 1.49. The summed E-state index contributed by atoms with van der Waals surface area (Å²) in [6.07, 6.45) is 0. The van der Waals surface area contributed by atoms with Gasteiger partial charge in [-0.15, -0.1) is 0 Å². The van der Waals surface area contributed by atoms with Gasteiger partial charge in [-0.25, -0.2) is 5.84 Å². The third-order valence-corrected chi connectivity index (χ3v) is 2.18. The minimum absolute atomic E-state index is 0.520. The molecule has 0 saturated carbocycles. The molecule has 1 aromatic rings. The van der Waals surface area contributed by atoms with Crippen LogP contribution < -0.4 is 16.6 Å². The first-order valence-corrected chi connectivity index (χ1v) is 4.52. The minimum atomic E-state index is 0.520. The number of rotatable bonds is 1. The molecule has 0 amide bonds. The number of halogens is 1. The molecule has 0 bridgehead atoms. The summed E-state index contributed by atoms with van der Waals surface area (Å²) in [5.41, 5.74) is 3.36. The largest absolute Gasteiger partial charge is 0.324 e. The molecule has 70 valence electrons. The molecule has 4 nitrogen and oxygen atoms in total. The number of nitrogens with two attached hydrogens (primary N) is 1. The van der Waals surface area contributed by atoms with Crippen molar-refractivity contribution in [1.82, 2.24) is 5.43 Å². The number of hydrogen-bond acceptors (Lipinski definition) is 2. The minimum Gasteiger partial charge on any atom is -0.324 e. The van der Waals surface area contributed by atoms with Crippen molar-refractivity contribution in [2.24, 2.45) is 10.8 Å². The van der Waals surface area contributed by atoms with Gasteiger partial charge in [0.25, 0.3) is 0 Å². The summed E-state index contributed by atoms with van der Waals surface area (Å²) >= 11 is 3.40. The highest BCUT2D eigenvalue weighted by Gasteiger charge is 1.99. The van der Waals surface area contributed by atoms with E-state index in [4.69, 9.17) is 5.84 Å². The first-order chi connectivity index (χ1) is 6.27. The van der Waals surface area contributed by atoms with Crippen molar-refractivity contribution < 1.29 is 0 Å². The maximum atomic E-state index is 5.22. The van der Waals surface area contributed by atoms with Gasteiger partial charge in [-0.1, -0.05) is 12.1 Å². The van der Waals surface area contributed by atoms with Crippen LogP contribution in [0.15, 0.2) is 33.7 Å². The number of nitrogens with zero attached hydrogens (tertiary/aromatic N) is 1. The van der Waals surface area contributed by atoms with Crippen LogP contribution in [-0.4, -0.2) is 13.0 Å². The SMILES string of the molecule is CN=C(NN)Nc1ccccc1Br. The van der Waals surface area contributed by atoms with Gasteiger partial charge in [0, 0.05) is 11.5 Å². The second kappa shape index (κ2) is 4.84.